The maximum atomic E-state index is 12.5. The van der Waals surface area contributed by atoms with Crippen LogP contribution < -0.4 is 21.3 Å². The Balaban J connectivity index is 2.31. The van der Waals surface area contributed by atoms with Gasteiger partial charge >= 0.3 is 0 Å². The van der Waals surface area contributed by atoms with E-state index in [1.807, 2.05) is 12.1 Å². The molecule has 1 aromatic carbocycles. The Bertz CT molecular complexity index is 756. The molecule has 0 saturated heterocycles. The van der Waals surface area contributed by atoms with Gasteiger partial charge in [-0.05, 0) is 23.6 Å². The molecule has 0 bridgehead atoms. The highest BCUT2D eigenvalue weighted by molar-refractivity contribution is 5.96. The zero-order valence-corrected chi connectivity index (χ0v) is 20.1. The zero-order chi connectivity index (χ0) is 25.2. The summed E-state index contributed by atoms with van der Waals surface area (Å²) in [7, 11) is 1.61. The average Bonchev–Trinajstić information content (AvgIpc) is 2.81. The van der Waals surface area contributed by atoms with Gasteiger partial charge in [-0.2, -0.15) is 0 Å². The summed E-state index contributed by atoms with van der Waals surface area (Å²) in [6.07, 6.45) is 0.685. The Labute approximate surface area is 200 Å². The van der Waals surface area contributed by atoms with Gasteiger partial charge in [-0.3, -0.25) is 19.2 Å². The molecule has 4 N–H and O–H groups in total. The zero-order valence-electron chi connectivity index (χ0n) is 20.1. The lowest BCUT2D eigenvalue weighted by Crippen LogP contribution is -2.51. The summed E-state index contributed by atoms with van der Waals surface area (Å²) in [6.45, 7) is 5.52. The maximum absolute atomic E-state index is 12.5. The van der Waals surface area contributed by atoms with Gasteiger partial charge < -0.3 is 35.5 Å². The maximum Gasteiger partial charge on any atom is 0.243 e. The first kappa shape index (κ1) is 29.0. The van der Waals surface area contributed by atoms with Crippen LogP contribution in [-0.2, 0) is 40.0 Å². The predicted octanol–water partition coefficient (Wildman–Crippen LogP) is 0.198. The van der Waals surface area contributed by atoms with Gasteiger partial charge in [0.15, 0.2) is 0 Å². The predicted molar refractivity (Wildman–Crippen MR) is 126 cm³/mol. The Morgan fingerprint density at radius 3 is 2.26 bits per heavy atom. The Morgan fingerprint density at radius 2 is 1.65 bits per heavy atom. The van der Waals surface area contributed by atoms with Crippen molar-refractivity contribution < 1.29 is 33.4 Å². The number of amides is 4. The monoisotopic (exact) mass is 480 g/mol. The number of methoxy groups -OCH3 is 1. The third-order valence-corrected chi connectivity index (χ3v) is 4.56. The van der Waals surface area contributed by atoms with Crippen molar-refractivity contribution in [2.75, 3.05) is 51.9 Å². The van der Waals surface area contributed by atoms with E-state index in [4.69, 9.17) is 14.2 Å². The molecular formula is C23H36N4O7. The normalized spacial score (nSPS) is 11.5. The molecule has 0 radical (unpaired) electrons. The first-order chi connectivity index (χ1) is 16.4. The molecule has 4 amide bonds. The van der Waals surface area contributed by atoms with Crippen molar-refractivity contribution in [2.45, 2.75) is 32.9 Å². The van der Waals surface area contributed by atoms with Crippen LogP contribution in [0.4, 0.5) is 5.69 Å². The van der Waals surface area contributed by atoms with E-state index in [2.05, 4.69) is 21.3 Å². The van der Waals surface area contributed by atoms with E-state index in [1.165, 1.54) is 0 Å². The molecule has 190 valence electrons. The number of nitrogens with one attached hydrogen (secondary N) is 4. The molecule has 0 aromatic heterocycles. The topological polar surface area (TPSA) is 144 Å². The summed E-state index contributed by atoms with van der Waals surface area (Å²) in [5, 5.41) is 10.4. The van der Waals surface area contributed by atoms with Crippen molar-refractivity contribution in [3.05, 3.63) is 29.8 Å². The quantitative estimate of drug-likeness (QED) is 0.174. The third kappa shape index (κ3) is 12.9. The summed E-state index contributed by atoms with van der Waals surface area (Å²) in [4.78, 5) is 47.0. The van der Waals surface area contributed by atoms with E-state index >= 15 is 0 Å². The van der Waals surface area contributed by atoms with Crippen LogP contribution in [0.1, 0.15) is 25.8 Å². The molecular weight excluding hydrogens is 444 g/mol. The van der Waals surface area contributed by atoms with E-state index in [0.29, 0.717) is 45.1 Å². The first-order valence-electron chi connectivity index (χ1n) is 11.1. The summed E-state index contributed by atoms with van der Waals surface area (Å²) >= 11 is 0. The molecule has 0 aliphatic heterocycles. The molecule has 11 nitrogen and oxygen atoms in total. The van der Waals surface area contributed by atoms with Crippen molar-refractivity contribution >= 4 is 29.8 Å². The minimum absolute atomic E-state index is 0.0861. The van der Waals surface area contributed by atoms with E-state index in [0.717, 1.165) is 5.56 Å². The minimum Gasteiger partial charge on any atom is -0.380 e. The van der Waals surface area contributed by atoms with Crippen LogP contribution in [0, 0.1) is 5.92 Å². The molecule has 1 atom stereocenters. The van der Waals surface area contributed by atoms with E-state index in [-0.39, 0.29) is 37.3 Å². The van der Waals surface area contributed by atoms with Gasteiger partial charge in [0.05, 0.1) is 39.6 Å². The van der Waals surface area contributed by atoms with Crippen LogP contribution in [-0.4, -0.2) is 76.8 Å². The summed E-state index contributed by atoms with van der Waals surface area (Å²) in [6, 6.07) is 6.41. The summed E-state index contributed by atoms with van der Waals surface area (Å²) < 4.78 is 15.6. The standard InChI is InChI=1S/C23H36N4O7/c1-17(2)22(27-20(29)8-10-33-12-13-34-11-9-24-16-28)23(31)25-14-21(30)26-19-6-4-18(5-7-19)15-32-3/h4-7,16-17,22H,8-15H2,1-3H3,(H,24,28)(H,25,31)(H,26,30)(H,27,29). The van der Waals surface area contributed by atoms with Crippen molar-refractivity contribution in [3.8, 4) is 0 Å². The lowest BCUT2D eigenvalue weighted by Gasteiger charge is -2.21. The number of ether oxygens (including phenoxy) is 3. The second kappa shape index (κ2) is 17.5. The molecule has 11 heteroatoms. The van der Waals surface area contributed by atoms with Crippen LogP contribution in [0.15, 0.2) is 24.3 Å². The number of benzene rings is 1. The van der Waals surface area contributed by atoms with Crippen molar-refractivity contribution in [2.24, 2.45) is 5.92 Å². The van der Waals surface area contributed by atoms with Gasteiger partial charge in [0.25, 0.3) is 0 Å². The molecule has 0 fully saturated rings. The van der Waals surface area contributed by atoms with Crippen LogP contribution in [0.5, 0.6) is 0 Å². The van der Waals surface area contributed by atoms with Gasteiger partial charge in [0, 0.05) is 25.8 Å². The van der Waals surface area contributed by atoms with Crippen molar-refractivity contribution in [3.63, 3.8) is 0 Å². The van der Waals surface area contributed by atoms with Gasteiger partial charge in [-0.25, -0.2) is 0 Å². The van der Waals surface area contributed by atoms with Gasteiger partial charge in [0.1, 0.15) is 6.04 Å². The van der Waals surface area contributed by atoms with Crippen molar-refractivity contribution in [1.29, 1.82) is 0 Å². The molecule has 0 aliphatic carbocycles. The second-order valence-electron chi connectivity index (χ2n) is 7.73. The number of anilines is 1. The molecule has 1 rings (SSSR count). The molecule has 34 heavy (non-hydrogen) atoms. The van der Waals surface area contributed by atoms with E-state index < -0.39 is 11.9 Å². The Hall–Kier alpha value is -3.02. The summed E-state index contributed by atoms with van der Waals surface area (Å²) in [5.74, 6) is -1.31. The fourth-order valence-electron chi connectivity index (χ4n) is 2.79. The average molecular weight is 481 g/mol. The fourth-order valence-corrected chi connectivity index (χ4v) is 2.79. The van der Waals surface area contributed by atoms with Gasteiger partial charge in [-0.1, -0.05) is 26.0 Å². The SMILES string of the molecule is COCc1ccc(NC(=O)CNC(=O)C(NC(=O)CCOCCOCCNC=O)C(C)C)cc1. The highest BCUT2D eigenvalue weighted by Crippen LogP contribution is 2.10. The van der Waals surface area contributed by atoms with E-state index in [9.17, 15) is 19.2 Å². The molecule has 1 aromatic rings. The summed E-state index contributed by atoms with van der Waals surface area (Å²) in [5.41, 5.74) is 1.59. The molecule has 0 aliphatic rings. The smallest absolute Gasteiger partial charge is 0.243 e. The highest BCUT2D eigenvalue weighted by atomic mass is 16.5. The number of carbonyl (C=O) groups is 4. The number of hydrogen-bond donors (Lipinski definition) is 4. The molecule has 0 saturated carbocycles. The molecule has 0 heterocycles. The highest BCUT2D eigenvalue weighted by Gasteiger charge is 2.24. The first-order valence-corrected chi connectivity index (χ1v) is 11.1. The Morgan fingerprint density at radius 1 is 0.971 bits per heavy atom. The lowest BCUT2D eigenvalue weighted by atomic mass is 10.0. The van der Waals surface area contributed by atoms with Gasteiger partial charge in [-0.15, -0.1) is 0 Å². The lowest BCUT2D eigenvalue weighted by molar-refractivity contribution is -0.131. The van der Waals surface area contributed by atoms with Crippen LogP contribution in [0.2, 0.25) is 0 Å². The van der Waals surface area contributed by atoms with Gasteiger partial charge in [0.2, 0.25) is 24.1 Å². The number of hydrogen-bond acceptors (Lipinski definition) is 7. The van der Waals surface area contributed by atoms with Crippen molar-refractivity contribution in [1.82, 2.24) is 16.0 Å². The van der Waals surface area contributed by atoms with Crippen LogP contribution in [0.3, 0.4) is 0 Å². The second-order valence-corrected chi connectivity index (χ2v) is 7.73. The number of carbonyl (C=O) groups excluding carboxylic acids is 4. The van der Waals surface area contributed by atoms with E-state index in [1.54, 1.807) is 33.1 Å². The largest absolute Gasteiger partial charge is 0.380 e. The fraction of sp³-hybridized carbons (Fsp3) is 0.565. The Kier molecular flexibility index (Phi) is 14.9. The molecule has 1 unspecified atom stereocenters. The molecule has 0 spiro atoms. The number of rotatable bonds is 18. The third-order valence-electron chi connectivity index (χ3n) is 4.56. The minimum atomic E-state index is -0.776. The van der Waals surface area contributed by atoms with Crippen LogP contribution in [0.25, 0.3) is 0 Å². The van der Waals surface area contributed by atoms with Crippen LogP contribution >= 0.6 is 0 Å².